The van der Waals surface area contributed by atoms with Crippen LogP contribution in [-0.4, -0.2) is 22.0 Å². The van der Waals surface area contributed by atoms with Gasteiger partial charge in [0.1, 0.15) is 0 Å². The van der Waals surface area contributed by atoms with Crippen LogP contribution in [0.4, 0.5) is 5.69 Å². The third kappa shape index (κ3) is 4.31. The topological polar surface area (TPSA) is 79.3 Å². The summed E-state index contributed by atoms with van der Waals surface area (Å²) in [6, 6.07) is 22.6. The van der Waals surface area contributed by atoms with Gasteiger partial charge in [-0.3, -0.25) is 9.78 Å². The Bertz CT molecular complexity index is 1260. The first-order valence-corrected chi connectivity index (χ1v) is 10.1. The second-order valence-corrected chi connectivity index (χ2v) is 7.45. The fourth-order valence-electron chi connectivity index (χ4n) is 3.79. The fourth-order valence-corrected chi connectivity index (χ4v) is 3.79. The summed E-state index contributed by atoms with van der Waals surface area (Å²) >= 11 is 0. The molecule has 31 heavy (non-hydrogen) atoms. The van der Waals surface area contributed by atoms with E-state index in [9.17, 15) is 14.7 Å². The van der Waals surface area contributed by atoms with Crippen LogP contribution in [0.5, 0.6) is 0 Å². The SMILES string of the molecule is CC(C(=O)Nc1ccncc1Cc1ccccc1C(=O)O)c1cccc2ccccc12. The molecular weight excluding hydrogens is 388 g/mol. The number of aromatic nitrogens is 1. The van der Waals surface area contributed by atoms with Crippen LogP contribution in [-0.2, 0) is 11.2 Å². The van der Waals surface area contributed by atoms with Gasteiger partial charge in [0, 0.05) is 24.5 Å². The van der Waals surface area contributed by atoms with Crippen molar-refractivity contribution >= 4 is 28.3 Å². The summed E-state index contributed by atoms with van der Waals surface area (Å²) in [5.41, 5.74) is 3.26. The quantitative estimate of drug-likeness (QED) is 0.454. The number of anilines is 1. The second kappa shape index (κ2) is 8.79. The number of nitrogens with one attached hydrogen (secondary N) is 1. The smallest absolute Gasteiger partial charge is 0.335 e. The van der Waals surface area contributed by atoms with Crippen LogP contribution in [0.25, 0.3) is 10.8 Å². The number of fused-ring (bicyclic) bond motifs is 1. The van der Waals surface area contributed by atoms with E-state index < -0.39 is 5.97 Å². The summed E-state index contributed by atoms with van der Waals surface area (Å²) in [7, 11) is 0. The lowest BCUT2D eigenvalue weighted by Crippen LogP contribution is -2.20. The zero-order chi connectivity index (χ0) is 21.8. The average Bonchev–Trinajstić information content (AvgIpc) is 2.79. The number of amides is 1. The van der Waals surface area contributed by atoms with Gasteiger partial charge in [0.15, 0.2) is 0 Å². The van der Waals surface area contributed by atoms with E-state index in [1.54, 1.807) is 42.7 Å². The molecule has 2 N–H and O–H groups in total. The molecule has 0 aliphatic carbocycles. The van der Waals surface area contributed by atoms with Crippen LogP contribution in [0, 0.1) is 0 Å². The van der Waals surface area contributed by atoms with E-state index in [1.807, 2.05) is 49.4 Å². The Kier molecular flexibility index (Phi) is 5.76. The predicted molar refractivity (Wildman–Crippen MR) is 121 cm³/mol. The number of carbonyl (C=O) groups is 2. The normalized spacial score (nSPS) is 11.8. The highest BCUT2D eigenvalue weighted by Crippen LogP contribution is 2.28. The van der Waals surface area contributed by atoms with Gasteiger partial charge in [0.25, 0.3) is 0 Å². The van der Waals surface area contributed by atoms with Gasteiger partial charge >= 0.3 is 5.97 Å². The second-order valence-electron chi connectivity index (χ2n) is 7.45. The summed E-state index contributed by atoms with van der Waals surface area (Å²) in [5, 5.41) is 14.6. The van der Waals surface area contributed by atoms with Crippen molar-refractivity contribution in [2.45, 2.75) is 19.3 Å². The molecule has 0 bridgehead atoms. The number of benzene rings is 3. The molecule has 1 amide bonds. The maximum Gasteiger partial charge on any atom is 0.335 e. The van der Waals surface area contributed by atoms with E-state index >= 15 is 0 Å². The van der Waals surface area contributed by atoms with Gasteiger partial charge in [0.05, 0.1) is 11.5 Å². The molecule has 5 nitrogen and oxygen atoms in total. The Balaban J connectivity index is 1.60. The zero-order valence-electron chi connectivity index (χ0n) is 17.1. The van der Waals surface area contributed by atoms with E-state index in [4.69, 9.17) is 0 Å². The molecule has 4 aromatic rings. The molecule has 154 valence electrons. The van der Waals surface area contributed by atoms with Crippen molar-refractivity contribution in [1.82, 2.24) is 4.98 Å². The Morgan fingerprint density at radius 2 is 1.68 bits per heavy atom. The molecule has 0 spiro atoms. The van der Waals surface area contributed by atoms with Crippen molar-refractivity contribution in [1.29, 1.82) is 0 Å². The van der Waals surface area contributed by atoms with E-state index in [-0.39, 0.29) is 17.4 Å². The maximum atomic E-state index is 13.1. The molecule has 1 atom stereocenters. The molecule has 1 unspecified atom stereocenters. The van der Waals surface area contributed by atoms with Crippen molar-refractivity contribution in [2.75, 3.05) is 5.32 Å². The lowest BCUT2D eigenvalue weighted by atomic mass is 9.94. The highest BCUT2D eigenvalue weighted by Gasteiger charge is 2.19. The number of hydrogen-bond acceptors (Lipinski definition) is 3. The van der Waals surface area contributed by atoms with Gasteiger partial charge < -0.3 is 10.4 Å². The van der Waals surface area contributed by atoms with Gasteiger partial charge in [-0.1, -0.05) is 60.7 Å². The zero-order valence-corrected chi connectivity index (χ0v) is 17.1. The lowest BCUT2D eigenvalue weighted by molar-refractivity contribution is -0.117. The van der Waals surface area contributed by atoms with Crippen molar-refractivity contribution in [3.05, 3.63) is 107 Å². The predicted octanol–water partition coefficient (Wildman–Crippen LogP) is 5.27. The number of carboxylic acids is 1. The minimum Gasteiger partial charge on any atom is -0.478 e. The molecule has 0 fully saturated rings. The monoisotopic (exact) mass is 410 g/mol. The van der Waals surface area contributed by atoms with Crippen molar-refractivity contribution in [3.8, 4) is 0 Å². The largest absolute Gasteiger partial charge is 0.478 e. The molecular formula is C26H22N2O3. The minimum atomic E-state index is -0.977. The maximum absolute atomic E-state index is 13.1. The molecule has 3 aromatic carbocycles. The van der Waals surface area contributed by atoms with E-state index in [2.05, 4.69) is 10.3 Å². The first-order valence-electron chi connectivity index (χ1n) is 10.1. The van der Waals surface area contributed by atoms with Gasteiger partial charge in [0.2, 0.25) is 5.91 Å². The number of aromatic carboxylic acids is 1. The van der Waals surface area contributed by atoms with Crippen LogP contribution in [0.3, 0.4) is 0 Å². The molecule has 0 saturated heterocycles. The molecule has 0 radical (unpaired) electrons. The molecule has 0 aliphatic heterocycles. The van der Waals surface area contributed by atoms with Crippen LogP contribution in [0.1, 0.15) is 39.9 Å². The Hall–Kier alpha value is -3.99. The highest BCUT2D eigenvalue weighted by atomic mass is 16.4. The molecule has 0 aliphatic rings. The number of carboxylic acid groups (broad SMARTS) is 1. The molecule has 4 rings (SSSR count). The van der Waals surface area contributed by atoms with E-state index in [1.165, 1.54) is 0 Å². The molecule has 5 heteroatoms. The average molecular weight is 410 g/mol. The lowest BCUT2D eigenvalue weighted by Gasteiger charge is -2.17. The van der Waals surface area contributed by atoms with Gasteiger partial charge in [-0.25, -0.2) is 4.79 Å². The Morgan fingerprint density at radius 1 is 0.935 bits per heavy atom. The van der Waals surface area contributed by atoms with Gasteiger partial charge in [-0.05, 0) is 46.5 Å². The van der Waals surface area contributed by atoms with Crippen molar-refractivity contribution in [3.63, 3.8) is 0 Å². The van der Waals surface area contributed by atoms with Crippen LogP contribution >= 0.6 is 0 Å². The van der Waals surface area contributed by atoms with E-state index in [0.29, 0.717) is 17.7 Å². The summed E-state index contributed by atoms with van der Waals surface area (Å²) in [5.74, 6) is -1.47. The van der Waals surface area contributed by atoms with Gasteiger partial charge in [-0.2, -0.15) is 0 Å². The van der Waals surface area contributed by atoms with Crippen LogP contribution < -0.4 is 5.32 Å². The standard InChI is InChI=1S/C26H22N2O3/c1-17(21-12-6-9-18-7-2-4-10-22(18)21)25(29)28-24-13-14-27-16-20(24)15-19-8-3-5-11-23(19)26(30)31/h2-14,16-17H,15H2,1H3,(H,30,31)(H,27,28,29). The number of carbonyl (C=O) groups excluding carboxylic acids is 1. The first kappa shape index (κ1) is 20.3. The summed E-state index contributed by atoms with van der Waals surface area (Å²) in [6.45, 7) is 1.89. The fraction of sp³-hybridized carbons (Fsp3) is 0.115. The highest BCUT2D eigenvalue weighted by molar-refractivity contribution is 5.99. The van der Waals surface area contributed by atoms with Crippen LogP contribution in [0.2, 0.25) is 0 Å². The summed E-state index contributed by atoms with van der Waals surface area (Å²) in [4.78, 5) is 28.8. The third-order valence-electron chi connectivity index (χ3n) is 5.47. The summed E-state index contributed by atoms with van der Waals surface area (Å²) in [6.07, 6.45) is 3.64. The van der Waals surface area contributed by atoms with Crippen molar-refractivity contribution in [2.24, 2.45) is 0 Å². The van der Waals surface area contributed by atoms with Gasteiger partial charge in [-0.15, -0.1) is 0 Å². The number of pyridine rings is 1. The number of rotatable bonds is 6. The van der Waals surface area contributed by atoms with Crippen LogP contribution in [0.15, 0.2) is 85.2 Å². The minimum absolute atomic E-state index is 0.129. The third-order valence-corrected chi connectivity index (χ3v) is 5.47. The summed E-state index contributed by atoms with van der Waals surface area (Å²) < 4.78 is 0. The number of nitrogens with zero attached hydrogens (tertiary/aromatic N) is 1. The molecule has 1 aromatic heterocycles. The number of hydrogen-bond donors (Lipinski definition) is 2. The Labute approximate surface area is 180 Å². The molecule has 0 saturated carbocycles. The Morgan fingerprint density at radius 3 is 2.52 bits per heavy atom. The van der Waals surface area contributed by atoms with E-state index in [0.717, 1.165) is 21.9 Å². The first-order chi connectivity index (χ1) is 15.0. The molecule has 1 heterocycles. The van der Waals surface area contributed by atoms with Crippen molar-refractivity contribution < 1.29 is 14.7 Å².